The van der Waals surface area contributed by atoms with Gasteiger partial charge in [0.25, 0.3) is 0 Å². The predicted octanol–water partition coefficient (Wildman–Crippen LogP) is 6.57. The Morgan fingerprint density at radius 3 is 2.16 bits per heavy atom. The van der Waals surface area contributed by atoms with Crippen LogP contribution in [-0.4, -0.2) is 36.3 Å². The second kappa shape index (κ2) is 11.2. The van der Waals surface area contributed by atoms with Crippen molar-refractivity contribution in [3.8, 4) is 0 Å². The molecule has 0 unspecified atom stereocenters. The normalized spacial score (nSPS) is 12.3. The zero-order chi connectivity index (χ0) is 18.1. The number of nitrogens with zero attached hydrogens (tertiary/aromatic N) is 2. The van der Waals surface area contributed by atoms with Crippen LogP contribution < -0.4 is 2.89 Å². The van der Waals surface area contributed by atoms with Gasteiger partial charge in [-0.25, -0.2) is 0 Å². The molecule has 0 bridgehead atoms. The van der Waals surface area contributed by atoms with E-state index in [1.165, 1.54) is 67.6 Å². The minimum atomic E-state index is -0.606. The van der Waals surface area contributed by atoms with E-state index in [2.05, 4.69) is 54.6 Å². The summed E-state index contributed by atoms with van der Waals surface area (Å²) in [5.74, 6) is 1.10. The molecule has 140 valence electrons. The van der Waals surface area contributed by atoms with Gasteiger partial charge in [-0.3, -0.25) is 0 Å². The Morgan fingerprint density at radius 2 is 1.64 bits per heavy atom. The Kier molecular flexibility index (Phi) is 9.71. The summed E-state index contributed by atoms with van der Waals surface area (Å²) in [6, 6.07) is 0. The van der Waals surface area contributed by atoms with E-state index in [1.807, 2.05) is 18.1 Å². The summed E-state index contributed by atoms with van der Waals surface area (Å²) in [6.07, 6.45) is 17.1. The molecule has 0 atom stereocenters. The molecule has 2 nitrogen and oxygen atoms in total. The molecule has 0 N–H and O–H groups in total. The van der Waals surface area contributed by atoms with E-state index >= 15 is 0 Å². The molecule has 5 heteroatoms. The fourth-order valence-corrected chi connectivity index (χ4v) is 12.5. The quantitative estimate of drug-likeness (QED) is 0.236. The average Bonchev–Trinajstić information content (AvgIpc) is 3.17. The number of thiazole rings is 1. The molecule has 2 aromatic heterocycles. The zero-order valence-electron chi connectivity index (χ0n) is 16.4. The summed E-state index contributed by atoms with van der Waals surface area (Å²) >= 11 is 3.33. The van der Waals surface area contributed by atoms with Gasteiger partial charge in [0.15, 0.2) is 0 Å². The molecule has 0 aromatic carbocycles. The van der Waals surface area contributed by atoms with Gasteiger partial charge < -0.3 is 0 Å². The van der Waals surface area contributed by atoms with E-state index in [9.17, 15) is 0 Å². The summed E-state index contributed by atoms with van der Waals surface area (Å²) in [5.41, 5.74) is 0. The Balaban J connectivity index is 2.23. The first-order chi connectivity index (χ1) is 12.2. The van der Waals surface area contributed by atoms with E-state index in [1.54, 1.807) is 2.89 Å². The van der Waals surface area contributed by atoms with Crippen LogP contribution in [0, 0.1) is 0 Å². The molecule has 2 radical (unpaired) electrons. The summed E-state index contributed by atoms with van der Waals surface area (Å²) in [6.45, 7) is 9.27. The molecule has 0 amide bonds. The maximum atomic E-state index is 4.59. The number of imidazole rings is 1. The number of hydrogen-bond acceptors (Lipinski definition) is 3. The molecule has 0 saturated carbocycles. The topological polar surface area (TPSA) is 17.3 Å². The van der Waals surface area contributed by atoms with Crippen molar-refractivity contribution in [1.82, 2.24) is 9.38 Å². The Bertz CT molecular complexity index is 598. The molecule has 0 aliphatic carbocycles. The fourth-order valence-electron chi connectivity index (χ4n) is 3.44. The Morgan fingerprint density at radius 1 is 1.04 bits per heavy atom. The van der Waals surface area contributed by atoms with Crippen LogP contribution in [0.25, 0.3) is 4.83 Å². The Hall–Kier alpha value is 0.319. The molecular weight excluding hydrogens is 451 g/mol. The molecule has 0 aliphatic heterocycles. The SMILES string of the molecule is CCCC[C](CCCC)(CCCC)[Sn][c]1cn2cnc(SCC)c2s1. The molecule has 2 rings (SSSR count). The van der Waals surface area contributed by atoms with E-state index < -0.39 is 21.1 Å². The maximum absolute atomic E-state index is 4.59. The van der Waals surface area contributed by atoms with Crippen LogP contribution >= 0.6 is 23.1 Å². The van der Waals surface area contributed by atoms with Gasteiger partial charge in [0.1, 0.15) is 0 Å². The van der Waals surface area contributed by atoms with Crippen molar-refractivity contribution in [2.45, 2.75) is 93.9 Å². The van der Waals surface area contributed by atoms with Crippen LogP contribution in [0.4, 0.5) is 0 Å². The standard InChI is InChI=1S/C13H27.C7H7N2S2.Sn/c1-4-7-10-13(11-8-5-2)12-9-6-3;1-2-10-6-7-9(5-8-6)3-4-11-7;/h4-12H2,1-3H3;3,5H,2H2,1H3;. The third-order valence-corrected chi connectivity index (χ3v) is 13.1. The van der Waals surface area contributed by atoms with Gasteiger partial charge in [-0.05, 0) is 0 Å². The third-order valence-electron chi connectivity index (χ3n) is 4.88. The second-order valence-corrected chi connectivity index (χ2v) is 15.6. The van der Waals surface area contributed by atoms with E-state index in [0.717, 1.165) is 5.75 Å². The van der Waals surface area contributed by atoms with Crippen LogP contribution in [0.5, 0.6) is 0 Å². The van der Waals surface area contributed by atoms with E-state index in [0.29, 0.717) is 3.43 Å². The molecule has 2 aromatic rings. The fraction of sp³-hybridized carbons (Fsp3) is 0.750. The number of hydrogen-bond donors (Lipinski definition) is 0. The van der Waals surface area contributed by atoms with Crippen LogP contribution in [0.3, 0.4) is 0 Å². The van der Waals surface area contributed by atoms with Crippen molar-refractivity contribution in [2.24, 2.45) is 0 Å². The van der Waals surface area contributed by atoms with Gasteiger partial charge >= 0.3 is 174 Å². The molecule has 0 spiro atoms. The number of aromatic nitrogens is 2. The van der Waals surface area contributed by atoms with Crippen LogP contribution in [0.2, 0.25) is 3.43 Å². The predicted molar refractivity (Wildman–Crippen MR) is 116 cm³/mol. The first-order valence-electron chi connectivity index (χ1n) is 10.1. The molecule has 2 heterocycles. The Labute approximate surface area is 172 Å². The number of fused-ring (bicyclic) bond motifs is 1. The van der Waals surface area contributed by atoms with Crippen LogP contribution in [0.1, 0.15) is 85.5 Å². The van der Waals surface area contributed by atoms with Crippen molar-refractivity contribution in [3.63, 3.8) is 0 Å². The molecule has 0 fully saturated rings. The van der Waals surface area contributed by atoms with Gasteiger partial charge in [0, 0.05) is 0 Å². The summed E-state index contributed by atoms with van der Waals surface area (Å²) in [7, 11) is 0. The van der Waals surface area contributed by atoms with Crippen molar-refractivity contribution >= 4 is 52.0 Å². The number of rotatable bonds is 13. The molecular formula is C20H34N2S2Sn. The summed E-state index contributed by atoms with van der Waals surface area (Å²) in [5, 5.41) is 1.24. The average molecular weight is 485 g/mol. The van der Waals surface area contributed by atoms with Crippen LogP contribution in [-0.2, 0) is 0 Å². The van der Waals surface area contributed by atoms with Gasteiger partial charge in [-0.2, -0.15) is 0 Å². The number of thioether (sulfide) groups is 1. The molecule has 0 aliphatic rings. The van der Waals surface area contributed by atoms with Gasteiger partial charge in [0.05, 0.1) is 0 Å². The monoisotopic (exact) mass is 486 g/mol. The molecule has 25 heavy (non-hydrogen) atoms. The van der Waals surface area contributed by atoms with Gasteiger partial charge in [-0.1, -0.05) is 0 Å². The zero-order valence-corrected chi connectivity index (χ0v) is 20.9. The van der Waals surface area contributed by atoms with Crippen molar-refractivity contribution in [1.29, 1.82) is 0 Å². The summed E-state index contributed by atoms with van der Waals surface area (Å²) in [4.78, 5) is 5.97. The van der Waals surface area contributed by atoms with Crippen LogP contribution in [0.15, 0.2) is 17.6 Å². The first kappa shape index (κ1) is 21.6. The van der Waals surface area contributed by atoms with E-state index in [4.69, 9.17) is 0 Å². The number of unbranched alkanes of at least 4 members (excludes halogenated alkanes) is 3. The van der Waals surface area contributed by atoms with Crippen molar-refractivity contribution < 1.29 is 0 Å². The first-order valence-corrected chi connectivity index (χ1v) is 14.7. The third kappa shape index (κ3) is 6.17. The molecule has 0 saturated heterocycles. The summed E-state index contributed by atoms with van der Waals surface area (Å²) < 4.78 is 4.70. The van der Waals surface area contributed by atoms with Crippen molar-refractivity contribution in [2.75, 3.05) is 5.75 Å². The van der Waals surface area contributed by atoms with E-state index in [-0.39, 0.29) is 0 Å². The van der Waals surface area contributed by atoms with Gasteiger partial charge in [0.2, 0.25) is 0 Å². The second-order valence-electron chi connectivity index (χ2n) is 7.01. The minimum absolute atomic E-state index is 0.606. The van der Waals surface area contributed by atoms with Crippen molar-refractivity contribution in [3.05, 3.63) is 12.5 Å². The van der Waals surface area contributed by atoms with Gasteiger partial charge in [-0.15, -0.1) is 0 Å².